The summed E-state index contributed by atoms with van der Waals surface area (Å²) in [4.78, 5) is 12.3. The zero-order valence-corrected chi connectivity index (χ0v) is 17.4. The molecule has 0 aliphatic rings. The Morgan fingerprint density at radius 1 is 0.857 bits per heavy atom. The van der Waals surface area contributed by atoms with Crippen LogP contribution in [0.15, 0.2) is 48.5 Å². The lowest BCUT2D eigenvalue weighted by molar-refractivity contribution is 0.0697. The van der Waals surface area contributed by atoms with E-state index in [-0.39, 0.29) is 16.7 Å². The lowest BCUT2D eigenvalue weighted by Crippen LogP contribution is -2.21. The summed E-state index contributed by atoms with van der Waals surface area (Å²) in [5.74, 6) is -0.799. The molecule has 0 aliphatic carbocycles. The SMILES string of the molecule is CC(C)(C)c1cc(C(=O)O)c(-c2cccc3ccccc23)c(C(C)(C)C)c1O. The maximum absolute atomic E-state index is 12.3. The molecule has 146 valence electrons. The van der Waals surface area contributed by atoms with Gasteiger partial charge in [0, 0.05) is 16.7 Å². The molecule has 0 saturated heterocycles. The molecule has 0 radical (unpaired) electrons. The summed E-state index contributed by atoms with van der Waals surface area (Å²) in [5, 5.41) is 23.4. The summed E-state index contributed by atoms with van der Waals surface area (Å²) in [6.07, 6.45) is 0. The number of fused-ring (bicyclic) bond motifs is 1. The highest BCUT2D eigenvalue weighted by atomic mass is 16.4. The fourth-order valence-electron chi connectivity index (χ4n) is 3.87. The first-order valence-electron chi connectivity index (χ1n) is 9.55. The largest absolute Gasteiger partial charge is 0.507 e. The third-order valence-electron chi connectivity index (χ3n) is 5.15. The van der Waals surface area contributed by atoms with Crippen LogP contribution in [0.1, 0.15) is 63.0 Å². The predicted octanol–water partition coefficient (Wildman–Crippen LogP) is 6.51. The highest BCUT2D eigenvalue weighted by Crippen LogP contribution is 2.47. The van der Waals surface area contributed by atoms with Gasteiger partial charge in [0.25, 0.3) is 0 Å². The van der Waals surface area contributed by atoms with Crippen molar-refractivity contribution >= 4 is 16.7 Å². The monoisotopic (exact) mass is 376 g/mol. The van der Waals surface area contributed by atoms with E-state index < -0.39 is 11.4 Å². The number of aromatic carboxylic acids is 1. The average Bonchev–Trinajstić information content (AvgIpc) is 2.58. The number of phenolic OH excluding ortho intramolecular Hbond substituents is 1. The van der Waals surface area contributed by atoms with Crippen LogP contribution in [0.2, 0.25) is 0 Å². The second-order valence-electron chi connectivity index (χ2n) is 9.40. The molecule has 0 spiro atoms. The molecule has 0 fully saturated rings. The number of rotatable bonds is 2. The second-order valence-corrected chi connectivity index (χ2v) is 9.40. The quantitative estimate of drug-likeness (QED) is 0.536. The fraction of sp³-hybridized carbons (Fsp3) is 0.320. The molecule has 3 aromatic rings. The zero-order chi connectivity index (χ0) is 20.9. The van der Waals surface area contributed by atoms with Crippen molar-refractivity contribution in [1.82, 2.24) is 0 Å². The molecule has 3 nitrogen and oxygen atoms in total. The lowest BCUT2D eigenvalue weighted by Gasteiger charge is -2.31. The molecule has 0 aliphatic heterocycles. The number of carboxylic acid groups (broad SMARTS) is 1. The second kappa shape index (κ2) is 6.66. The van der Waals surface area contributed by atoms with Gasteiger partial charge in [-0.25, -0.2) is 4.79 Å². The van der Waals surface area contributed by atoms with Crippen LogP contribution in [0, 0.1) is 0 Å². The van der Waals surface area contributed by atoms with Crippen LogP contribution >= 0.6 is 0 Å². The van der Waals surface area contributed by atoms with E-state index in [1.807, 2.05) is 84.0 Å². The van der Waals surface area contributed by atoms with Crippen LogP contribution in [0.4, 0.5) is 0 Å². The maximum Gasteiger partial charge on any atom is 0.336 e. The van der Waals surface area contributed by atoms with E-state index in [1.165, 1.54) is 0 Å². The van der Waals surface area contributed by atoms with Crippen molar-refractivity contribution in [3.05, 3.63) is 65.2 Å². The van der Waals surface area contributed by atoms with Gasteiger partial charge in [-0.05, 0) is 33.2 Å². The highest BCUT2D eigenvalue weighted by molar-refractivity contribution is 6.05. The molecule has 0 aromatic heterocycles. The van der Waals surface area contributed by atoms with Crippen LogP contribution in [0.5, 0.6) is 5.75 Å². The van der Waals surface area contributed by atoms with Crippen molar-refractivity contribution in [3.63, 3.8) is 0 Å². The van der Waals surface area contributed by atoms with Gasteiger partial charge in [-0.15, -0.1) is 0 Å². The number of carboxylic acids is 1. The molecule has 2 N–H and O–H groups in total. The van der Waals surface area contributed by atoms with E-state index in [0.29, 0.717) is 16.7 Å². The van der Waals surface area contributed by atoms with E-state index in [2.05, 4.69) is 0 Å². The summed E-state index contributed by atoms with van der Waals surface area (Å²) < 4.78 is 0. The summed E-state index contributed by atoms with van der Waals surface area (Å²) in [6.45, 7) is 12.0. The van der Waals surface area contributed by atoms with E-state index in [9.17, 15) is 15.0 Å². The molecule has 28 heavy (non-hydrogen) atoms. The van der Waals surface area contributed by atoms with Crippen LogP contribution in [0.25, 0.3) is 21.9 Å². The molecule has 0 unspecified atom stereocenters. The Labute approximate surface area is 166 Å². The minimum atomic E-state index is -0.987. The normalized spacial score (nSPS) is 12.4. The molecule has 3 rings (SSSR count). The number of phenols is 1. The molecule has 3 aromatic carbocycles. The zero-order valence-electron chi connectivity index (χ0n) is 17.4. The Balaban J connectivity index is 2.56. The minimum absolute atomic E-state index is 0.188. The Morgan fingerprint density at radius 2 is 1.46 bits per heavy atom. The molecule has 0 saturated carbocycles. The van der Waals surface area contributed by atoms with E-state index in [4.69, 9.17) is 0 Å². The third-order valence-corrected chi connectivity index (χ3v) is 5.15. The van der Waals surface area contributed by atoms with Crippen LogP contribution in [-0.4, -0.2) is 16.2 Å². The smallest absolute Gasteiger partial charge is 0.336 e. The Morgan fingerprint density at radius 3 is 2.04 bits per heavy atom. The van der Waals surface area contributed by atoms with E-state index >= 15 is 0 Å². The topological polar surface area (TPSA) is 57.5 Å². The molecule has 0 amide bonds. The van der Waals surface area contributed by atoms with E-state index in [1.54, 1.807) is 6.07 Å². The molecule has 0 atom stereocenters. The standard InChI is InChI=1S/C25H28O3/c1-24(2,3)19-14-18(23(27)28)20(21(22(19)26)25(4,5)6)17-13-9-11-15-10-7-8-12-16(15)17/h7-14,26H,1-6H3,(H,27,28). The maximum atomic E-state index is 12.3. The summed E-state index contributed by atoms with van der Waals surface area (Å²) in [6, 6.07) is 15.5. The van der Waals surface area contributed by atoms with Crippen molar-refractivity contribution in [1.29, 1.82) is 0 Å². The van der Waals surface area contributed by atoms with Gasteiger partial charge in [-0.1, -0.05) is 84.0 Å². The highest BCUT2D eigenvalue weighted by Gasteiger charge is 2.33. The first kappa shape index (κ1) is 19.9. The van der Waals surface area contributed by atoms with Crippen molar-refractivity contribution < 1.29 is 15.0 Å². The third kappa shape index (κ3) is 3.37. The van der Waals surface area contributed by atoms with Gasteiger partial charge in [-0.2, -0.15) is 0 Å². The molecule has 0 bridgehead atoms. The van der Waals surface area contributed by atoms with Crippen LogP contribution < -0.4 is 0 Å². The van der Waals surface area contributed by atoms with Gasteiger partial charge in [0.1, 0.15) is 5.75 Å². The summed E-state index contributed by atoms with van der Waals surface area (Å²) in [5.41, 5.74) is 2.16. The van der Waals surface area contributed by atoms with Gasteiger partial charge in [0.05, 0.1) is 5.56 Å². The Kier molecular flexibility index (Phi) is 4.74. The minimum Gasteiger partial charge on any atom is -0.507 e. The summed E-state index contributed by atoms with van der Waals surface area (Å²) >= 11 is 0. The Bertz CT molecular complexity index is 1060. The Hall–Kier alpha value is -2.81. The number of aromatic hydroxyl groups is 1. The van der Waals surface area contributed by atoms with Gasteiger partial charge in [0.15, 0.2) is 0 Å². The van der Waals surface area contributed by atoms with Gasteiger partial charge in [0.2, 0.25) is 0 Å². The first-order chi connectivity index (χ1) is 12.9. The molecular weight excluding hydrogens is 348 g/mol. The number of hydrogen-bond donors (Lipinski definition) is 2. The number of carbonyl (C=O) groups is 1. The van der Waals surface area contributed by atoms with Gasteiger partial charge in [-0.3, -0.25) is 0 Å². The van der Waals surface area contributed by atoms with Crippen LogP contribution in [0.3, 0.4) is 0 Å². The van der Waals surface area contributed by atoms with Gasteiger partial charge < -0.3 is 10.2 Å². The summed E-state index contributed by atoms with van der Waals surface area (Å²) in [7, 11) is 0. The van der Waals surface area contributed by atoms with E-state index in [0.717, 1.165) is 16.3 Å². The number of benzene rings is 3. The van der Waals surface area contributed by atoms with Crippen molar-refractivity contribution in [2.75, 3.05) is 0 Å². The van der Waals surface area contributed by atoms with Crippen LogP contribution in [-0.2, 0) is 10.8 Å². The lowest BCUT2D eigenvalue weighted by atomic mass is 9.74. The molecular formula is C25H28O3. The number of hydrogen-bond acceptors (Lipinski definition) is 2. The van der Waals surface area contributed by atoms with Crippen molar-refractivity contribution in [2.24, 2.45) is 0 Å². The predicted molar refractivity (Wildman–Crippen MR) is 115 cm³/mol. The van der Waals surface area contributed by atoms with Gasteiger partial charge >= 0.3 is 5.97 Å². The van der Waals surface area contributed by atoms with Crippen molar-refractivity contribution in [2.45, 2.75) is 52.4 Å². The molecule has 3 heteroatoms. The molecule has 0 heterocycles. The van der Waals surface area contributed by atoms with Crippen molar-refractivity contribution in [3.8, 4) is 16.9 Å². The first-order valence-corrected chi connectivity index (χ1v) is 9.55. The average molecular weight is 376 g/mol. The fourth-order valence-corrected chi connectivity index (χ4v) is 3.87.